The summed E-state index contributed by atoms with van der Waals surface area (Å²) >= 11 is 1.77. The van der Waals surface area contributed by atoms with Crippen molar-refractivity contribution in [2.75, 3.05) is 35.7 Å². The first-order chi connectivity index (χ1) is 9.15. The van der Waals surface area contributed by atoms with Gasteiger partial charge in [-0.25, -0.2) is 0 Å². The molecule has 0 aliphatic heterocycles. The van der Waals surface area contributed by atoms with Crippen molar-refractivity contribution >= 4 is 23.7 Å². The molecule has 0 atom stereocenters. The van der Waals surface area contributed by atoms with Crippen LogP contribution in [-0.4, -0.2) is 46.2 Å². The molecule has 0 amide bonds. The van der Waals surface area contributed by atoms with E-state index in [0.717, 1.165) is 25.3 Å². The fourth-order valence-electron chi connectivity index (χ4n) is 1.28. The fraction of sp³-hybridized carbons (Fsp3) is 0.750. The number of thioether (sulfide) groups is 1. The average molecular weight is 285 g/mol. The van der Waals surface area contributed by atoms with Crippen LogP contribution in [0, 0.1) is 0 Å². The number of rotatable bonds is 9. The van der Waals surface area contributed by atoms with Gasteiger partial charge in [0.05, 0.1) is 6.10 Å². The van der Waals surface area contributed by atoms with Crippen LogP contribution in [0.15, 0.2) is 0 Å². The van der Waals surface area contributed by atoms with Crippen LogP contribution >= 0.6 is 11.8 Å². The molecule has 0 radical (unpaired) electrons. The molecule has 1 aromatic heterocycles. The molecule has 0 aromatic carbocycles. The Labute approximate surface area is 119 Å². The maximum atomic E-state index is 5.53. The lowest BCUT2D eigenvalue weighted by Crippen LogP contribution is -2.15. The summed E-state index contributed by atoms with van der Waals surface area (Å²) in [4.78, 5) is 12.8. The van der Waals surface area contributed by atoms with Crippen molar-refractivity contribution < 1.29 is 4.74 Å². The molecule has 19 heavy (non-hydrogen) atoms. The standard InChI is InChI=1S/C12H23N5OS/c1-5-6-13-10-15-11(14-7-8-19-4)17-12(16-10)18-9(2)3/h9H,5-8H2,1-4H3,(H2,13,14,15,16,17). The lowest BCUT2D eigenvalue weighted by molar-refractivity contribution is 0.222. The monoisotopic (exact) mass is 285 g/mol. The summed E-state index contributed by atoms with van der Waals surface area (Å²) in [6.45, 7) is 7.64. The summed E-state index contributed by atoms with van der Waals surface area (Å²) in [6, 6.07) is 0.357. The minimum absolute atomic E-state index is 0.0421. The lowest BCUT2D eigenvalue weighted by atomic mass is 10.5. The molecule has 0 aliphatic rings. The van der Waals surface area contributed by atoms with E-state index < -0.39 is 0 Å². The maximum Gasteiger partial charge on any atom is 0.323 e. The van der Waals surface area contributed by atoms with Gasteiger partial charge in [0, 0.05) is 18.8 Å². The average Bonchev–Trinajstić information content (AvgIpc) is 2.36. The molecule has 108 valence electrons. The number of hydrogen-bond acceptors (Lipinski definition) is 7. The predicted octanol–water partition coefficient (Wildman–Crippen LogP) is 2.26. The van der Waals surface area contributed by atoms with Crippen LogP contribution in [0.5, 0.6) is 6.01 Å². The Morgan fingerprint density at radius 1 is 1.11 bits per heavy atom. The Balaban J connectivity index is 2.75. The highest BCUT2D eigenvalue weighted by atomic mass is 32.2. The minimum Gasteiger partial charge on any atom is -0.461 e. The van der Waals surface area contributed by atoms with E-state index in [1.165, 1.54) is 0 Å². The quantitative estimate of drug-likeness (QED) is 0.674. The molecule has 0 aliphatic carbocycles. The van der Waals surface area contributed by atoms with Gasteiger partial charge in [-0.2, -0.15) is 26.7 Å². The van der Waals surface area contributed by atoms with E-state index >= 15 is 0 Å². The molecule has 1 rings (SSSR count). The predicted molar refractivity (Wildman–Crippen MR) is 81.2 cm³/mol. The van der Waals surface area contributed by atoms with Gasteiger partial charge in [-0.15, -0.1) is 0 Å². The number of ether oxygens (including phenoxy) is 1. The Hall–Kier alpha value is -1.24. The first kappa shape index (κ1) is 15.8. The molecular formula is C12H23N5OS. The van der Waals surface area contributed by atoms with Crippen molar-refractivity contribution in [3.8, 4) is 6.01 Å². The summed E-state index contributed by atoms with van der Waals surface area (Å²) in [7, 11) is 0. The Morgan fingerprint density at radius 3 is 2.26 bits per heavy atom. The summed E-state index contributed by atoms with van der Waals surface area (Å²) < 4.78 is 5.53. The molecule has 0 bridgehead atoms. The smallest absolute Gasteiger partial charge is 0.323 e. The molecule has 0 fully saturated rings. The van der Waals surface area contributed by atoms with E-state index in [4.69, 9.17) is 4.74 Å². The Kier molecular flexibility index (Phi) is 7.32. The normalized spacial score (nSPS) is 10.6. The molecule has 0 spiro atoms. The van der Waals surface area contributed by atoms with Crippen LogP contribution in [0.3, 0.4) is 0 Å². The summed E-state index contributed by atoms with van der Waals surface area (Å²) in [5.41, 5.74) is 0. The number of nitrogens with zero attached hydrogens (tertiary/aromatic N) is 3. The Bertz CT molecular complexity index is 375. The van der Waals surface area contributed by atoms with E-state index in [0.29, 0.717) is 17.9 Å². The van der Waals surface area contributed by atoms with Crippen molar-refractivity contribution in [1.29, 1.82) is 0 Å². The molecule has 1 aromatic rings. The second-order valence-electron chi connectivity index (χ2n) is 4.28. The van der Waals surface area contributed by atoms with Crippen molar-refractivity contribution in [2.24, 2.45) is 0 Å². The first-order valence-corrected chi connectivity index (χ1v) is 7.94. The molecule has 1 heterocycles. The summed E-state index contributed by atoms with van der Waals surface area (Å²) in [5.74, 6) is 2.11. The number of hydrogen-bond donors (Lipinski definition) is 2. The SMILES string of the molecule is CCCNc1nc(NCCSC)nc(OC(C)C)n1. The first-order valence-electron chi connectivity index (χ1n) is 6.55. The van der Waals surface area contributed by atoms with Crippen LogP contribution in [0.4, 0.5) is 11.9 Å². The second-order valence-corrected chi connectivity index (χ2v) is 5.26. The van der Waals surface area contributed by atoms with Gasteiger partial charge in [-0.1, -0.05) is 6.92 Å². The zero-order valence-corrected chi connectivity index (χ0v) is 12.9. The third kappa shape index (κ3) is 6.47. The second kappa shape index (κ2) is 8.79. The molecule has 2 N–H and O–H groups in total. The van der Waals surface area contributed by atoms with Crippen molar-refractivity contribution in [3.63, 3.8) is 0 Å². The van der Waals surface area contributed by atoms with Gasteiger partial charge in [-0.3, -0.25) is 0 Å². The number of anilines is 2. The zero-order chi connectivity index (χ0) is 14.1. The van der Waals surface area contributed by atoms with Gasteiger partial charge in [0.2, 0.25) is 11.9 Å². The highest BCUT2D eigenvalue weighted by Crippen LogP contribution is 2.12. The molecule has 6 nitrogen and oxygen atoms in total. The molecule has 7 heteroatoms. The zero-order valence-electron chi connectivity index (χ0n) is 12.1. The van der Waals surface area contributed by atoms with E-state index in [9.17, 15) is 0 Å². The van der Waals surface area contributed by atoms with Crippen molar-refractivity contribution in [1.82, 2.24) is 15.0 Å². The molecule has 0 saturated heterocycles. The highest BCUT2D eigenvalue weighted by molar-refractivity contribution is 7.98. The Morgan fingerprint density at radius 2 is 1.74 bits per heavy atom. The largest absolute Gasteiger partial charge is 0.461 e. The molecule has 0 saturated carbocycles. The highest BCUT2D eigenvalue weighted by Gasteiger charge is 2.08. The number of nitrogens with one attached hydrogen (secondary N) is 2. The van der Waals surface area contributed by atoms with Crippen LogP contribution in [0.25, 0.3) is 0 Å². The molecule has 0 unspecified atom stereocenters. The van der Waals surface area contributed by atoms with Gasteiger partial charge >= 0.3 is 6.01 Å². The van der Waals surface area contributed by atoms with Crippen LogP contribution < -0.4 is 15.4 Å². The van der Waals surface area contributed by atoms with Crippen molar-refractivity contribution in [2.45, 2.75) is 33.3 Å². The fourth-order valence-corrected chi connectivity index (χ4v) is 1.59. The van der Waals surface area contributed by atoms with Crippen LogP contribution in [0.2, 0.25) is 0 Å². The van der Waals surface area contributed by atoms with Crippen LogP contribution in [0.1, 0.15) is 27.2 Å². The van der Waals surface area contributed by atoms with E-state index in [1.807, 2.05) is 13.8 Å². The van der Waals surface area contributed by atoms with Gasteiger partial charge < -0.3 is 15.4 Å². The van der Waals surface area contributed by atoms with Gasteiger partial charge in [0.25, 0.3) is 0 Å². The van der Waals surface area contributed by atoms with Gasteiger partial charge in [-0.05, 0) is 26.5 Å². The topological polar surface area (TPSA) is 72.0 Å². The maximum absolute atomic E-state index is 5.53. The van der Waals surface area contributed by atoms with Gasteiger partial charge in [0.15, 0.2) is 0 Å². The van der Waals surface area contributed by atoms with Crippen LogP contribution in [-0.2, 0) is 0 Å². The number of aromatic nitrogens is 3. The van der Waals surface area contributed by atoms with E-state index in [2.05, 4.69) is 38.8 Å². The third-order valence-electron chi connectivity index (χ3n) is 2.08. The van der Waals surface area contributed by atoms with E-state index in [1.54, 1.807) is 11.8 Å². The third-order valence-corrected chi connectivity index (χ3v) is 2.69. The molecular weight excluding hydrogens is 262 g/mol. The lowest BCUT2D eigenvalue weighted by Gasteiger charge is -2.11. The summed E-state index contributed by atoms with van der Waals surface area (Å²) in [6.07, 6.45) is 3.12. The minimum atomic E-state index is 0.0421. The van der Waals surface area contributed by atoms with E-state index in [-0.39, 0.29) is 6.10 Å². The van der Waals surface area contributed by atoms with Crippen molar-refractivity contribution in [3.05, 3.63) is 0 Å². The van der Waals surface area contributed by atoms with Gasteiger partial charge in [0.1, 0.15) is 0 Å². The summed E-state index contributed by atoms with van der Waals surface area (Å²) in [5, 5.41) is 6.32.